The van der Waals surface area contributed by atoms with Crippen molar-refractivity contribution in [2.75, 3.05) is 5.32 Å². The molecule has 0 radical (unpaired) electrons. The minimum atomic E-state index is -0.123. The number of nitrogens with zero attached hydrogens (tertiary/aromatic N) is 5. The van der Waals surface area contributed by atoms with Crippen LogP contribution in [0.4, 0.5) is 5.69 Å². The van der Waals surface area contributed by atoms with Gasteiger partial charge < -0.3 is 10.1 Å². The van der Waals surface area contributed by atoms with Gasteiger partial charge in [0.05, 0.1) is 18.3 Å². The zero-order chi connectivity index (χ0) is 23.5. The van der Waals surface area contributed by atoms with Crippen LogP contribution in [0, 0.1) is 34.6 Å². The quantitative estimate of drug-likeness (QED) is 0.470. The van der Waals surface area contributed by atoms with E-state index in [1.807, 2.05) is 71.0 Å². The summed E-state index contributed by atoms with van der Waals surface area (Å²) in [7, 11) is 0. The van der Waals surface area contributed by atoms with Crippen molar-refractivity contribution >= 4 is 11.6 Å². The van der Waals surface area contributed by atoms with E-state index in [9.17, 15) is 4.79 Å². The third-order valence-electron chi connectivity index (χ3n) is 5.26. The van der Waals surface area contributed by atoms with E-state index in [0.29, 0.717) is 23.1 Å². The number of amides is 1. The lowest BCUT2D eigenvalue weighted by Crippen LogP contribution is -2.15. The molecule has 33 heavy (non-hydrogen) atoms. The number of nitrogens with one attached hydrogen (secondary N) is 1. The predicted molar refractivity (Wildman–Crippen MR) is 126 cm³/mol. The van der Waals surface area contributed by atoms with E-state index < -0.39 is 0 Å². The number of ether oxygens (including phenoxy) is 1. The maximum atomic E-state index is 12.8. The summed E-state index contributed by atoms with van der Waals surface area (Å²) < 4.78 is 7.56. The SMILES string of the molecule is Cc1cc(C)nc(-n2nc(C)c(CC(=O)Nc3ccc(Oc4cccnc4)c(C)c3)c2C)n1. The van der Waals surface area contributed by atoms with Gasteiger partial charge in [0, 0.05) is 34.5 Å². The molecule has 0 aliphatic carbocycles. The summed E-state index contributed by atoms with van der Waals surface area (Å²) in [6.07, 6.45) is 3.55. The van der Waals surface area contributed by atoms with Crippen LogP contribution in [0.15, 0.2) is 48.8 Å². The molecular formula is C25H26N6O2. The average Bonchev–Trinajstić information content (AvgIpc) is 3.04. The second kappa shape index (κ2) is 9.20. The number of rotatable bonds is 6. The number of carbonyl (C=O) groups is 1. The van der Waals surface area contributed by atoms with Gasteiger partial charge in [0.1, 0.15) is 11.5 Å². The number of hydrogen-bond donors (Lipinski definition) is 1. The van der Waals surface area contributed by atoms with Gasteiger partial charge in [-0.3, -0.25) is 9.78 Å². The van der Waals surface area contributed by atoms with Crippen molar-refractivity contribution < 1.29 is 9.53 Å². The van der Waals surface area contributed by atoms with Gasteiger partial charge in [-0.25, -0.2) is 14.6 Å². The summed E-state index contributed by atoms with van der Waals surface area (Å²) in [5, 5.41) is 7.55. The van der Waals surface area contributed by atoms with Crippen molar-refractivity contribution in [3.8, 4) is 17.4 Å². The molecule has 1 amide bonds. The summed E-state index contributed by atoms with van der Waals surface area (Å²) in [5.74, 6) is 1.76. The lowest BCUT2D eigenvalue weighted by atomic mass is 10.1. The molecule has 3 aromatic heterocycles. The van der Waals surface area contributed by atoms with Crippen LogP contribution in [0.3, 0.4) is 0 Å². The molecule has 0 aliphatic heterocycles. The Morgan fingerprint density at radius 3 is 2.45 bits per heavy atom. The maximum Gasteiger partial charge on any atom is 0.251 e. The molecule has 0 fully saturated rings. The van der Waals surface area contributed by atoms with Crippen LogP contribution in [0.1, 0.15) is 33.9 Å². The minimum Gasteiger partial charge on any atom is -0.455 e. The summed E-state index contributed by atoms with van der Waals surface area (Å²) in [5.41, 5.74) is 5.85. The summed E-state index contributed by atoms with van der Waals surface area (Å²) in [6, 6.07) is 11.1. The molecular weight excluding hydrogens is 416 g/mol. The van der Waals surface area contributed by atoms with Crippen LogP contribution in [0.2, 0.25) is 0 Å². The summed E-state index contributed by atoms with van der Waals surface area (Å²) >= 11 is 0. The molecule has 0 saturated carbocycles. The van der Waals surface area contributed by atoms with E-state index in [1.165, 1.54) is 0 Å². The van der Waals surface area contributed by atoms with E-state index in [1.54, 1.807) is 17.1 Å². The Labute approximate surface area is 192 Å². The van der Waals surface area contributed by atoms with Gasteiger partial charge in [-0.05, 0) is 76.6 Å². The highest BCUT2D eigenvalue weighted by atomic mass is 16.5. The minimum absolute atomic E-state index is 0.123. The van der Waals surface area contributed by atoms with Crippen molar-refractivity contribution in [3.63, 3.8) is 0 Å². The van der Waals surface area contributed by atoms with Gasteiger partial charge in [0.25, 0.3) is 5.95 Å². The smallest absolute Gasteiger partial charge is 0.251 e. The Morgan fingerprint density at radius 1 is 1.03 bits per heavy atom. The number of aromatic nitrogens is 5. The Morgan fingerprint density at radius 2 is 1.79 bits per heavy atom. The molecule has 0 spiro atoms. The molecule has 8 heteroatoms. The Balaban J connectivity index is 1.48. The second-order valence-electron chi connectivity index (χ2n) is 8.01. The number of carbonyl (C=O) groups excluding carboxylic acids is 1. The zero-order valence-electron chi connectivity index (χ0n) is 19.4. The van der Waals surface area contributed by atoms with Gasteiger partial charge >= 0.3 is 0 Å². The first-order valence-electron chi connectivity index (χ1n) is 10.7. The Hall–Kier alpha value is -4.07. The first kappa shape index (κ1) is 22.1. The third kappa shape index (κ3) is 5.06. The fourth-order valence-electron chi connectivity index (χ4n) is 3.67. The fourth-order valence-corrected chi connectivity index (χ4v) is 3.67. The molecule has 168 valence electrons. The molecule has 0 unspecified atom stereocenters. The maximum absolute atomic E-state index is 12.8. The van der Waals surface area contributed by atoms with Crippen molar-refractivity contribution in [1.82, 2.24) is 24.7 Å². The largest absolute Gasteiger partial charge is 0.455 e. The molecule has 0 aliphatic rings. The first-order valence-corrected chi connectivity index (χ1v) is 10.7. The van der Waals surface area contributed by atoms with E-state index in [4.69, 9.17) is 4.74 Å². The van der Waals surface area contributed by atoms with Gasteiger partial charge in [-0.2, -0.15) is 5.10 Å². The molecule has 4 aromatic rings. The van der Waals surface area contributed by atoms with Crippen molar-refractivity contribution in [2.45, 2.75) is 41.0 Å². The molecule has 0 saturated heterocycles. The highest BCUT2D eigenvalue weighted by Crippen LogP contribution is 2.27. The monoisotopic (exact) mass is 442 g/mol. The molecule has 0 atom stereocenters. The molecule has 0 bridgehead atoms. The molecule has 1 aromatic carbocycles. The predicted octanol–water partition coefficient (Wildman–Crippen LogP) is 4.57. The van der Waals surface area contributed by atoms with E-state index in [2.05, 4.69) is 25.4 Å². The standard InChI is InChI=1S/C25H26N6O2/c1-15-11-20(8-9-23(15)33-21-7-6-10-26-14-21)29-24(32)13-22-18(4)30-31(19(22)5)25-27-16(2)12-17(3)28-25/h6-12,14H,13H2,1-5H3,(H,29,32). The van der Waals surface area contributed by atoms with Gasteiger partial charge in [0.15, 0.2) is 0 Å². The number of benzene rings is 1. The van der Waals surface area contributed by atoms with E-state index >= 15 is 0 Å². The normalized spacial score (nSPS) is 10.8. The zero-order valence-corrected chi connectivity index (χ0v) is 19.4. The molecule has 4 rings (SSSR count). The van der Waals surface area contributed by atoms with Crippen molar-refractivity contribution in [1.29, 1.82) is 0 Å². The van der Waals surface area contributed by atoms with Crippen LogP contribution in [-0.2, 0) is 11.2 Å². The number of pyridine rings is 1. The lowest BCUT2D eigenvalue weighted by Gasteiger charge is -2.11. The second-order valence-corrected chi connectivity index (χ2v) is 8.01. The highest BCUT2D eigenvalue weighted by Gasteiger charge is 2.18. The third-order valence-corrected chi connectivity index (χ3v) is 5.26. The lowest BCUT2D eigenvalue weighted by molar-refractivity contribution is -0.115. The van der Waals surface area contributed by atoms with Crippen LogP contribution in [0.25, 0.3) is 5.95 Å². The van der Waals surface area contributed by atoms with Crippen LogP contribution < -0.4 is 10.1 Å². The molecule has 1 N–H and O–H groups in total. The summed E-state index contributed by atoms with van der Waals surface area (Å²) in [4.78, 5) is 25.8. The molecule has 8 nitrogen and oxygen atoms in total. The Bertz CT molecular complexity index is 1290. The Kier molecular flexibility index (Phi) is 6.17. The van der Waals surface area contributed by atoms with E-state index in [-0.39, 0.29) is 12.3 Å². The first-order chi connectivity index (χ1) is 15.8. The number of aryl methyl sites for hydroxylation is 4. The molecule has 3 heterocycles. The number of anilines is 1. The van der Waals surface area contributed by atoms with Gasteiger partial charge in [-0.15, -0.1) is 0 Å². The van der Waals surface area contributed by atoms with Gasteiger partial charge in [0.2, 0.25) is 5.91 Å². The summed E-state index contributed by atoms with van der Waals surface area (Å²) in [6.45, 7) is 9.60. The van der Waals surface area contributed by atoms with Crippen molar-refractivity contribution in [2.24, 2.45) is 0 Å². The number of hydrogen-bond acceptors (Lipinski definition) is 6. The van der Waals surface area contributed by atoms with E-state index in [0.717, 1.165) is 33.9 Å². The fraction of sp³-hybridized carbons (Fsp3) is 0.240. The topological polar surface area (TPSA) is 94.8 Å². The van der Waals surface area contributed by atoms with Crippen LogP contribution in [-0.4, -0.2) is 30.6 Å². The van der Waals surface area contributed by atoms with Crippen LogP contribution in [0.5, 0.6) is 11.5 Å². The highest BCUT2D eigenvalue weighted by molar-refractivity contribution is 5.92. The van der Waals surface area contributed by atoms with Gasteiger partial charge in [-0.1, -0.05) is 0 Å². The van der Waals surface area contributed by atoms with Crippen LogP contribution >= 0.6 is 0 Å². The average molecular weight is 443 g/mol. The van der Waals surface area contributed by atoms with Crippen molar-refractivity contribution in [3.05, 3.63) is 82.7 Å².